The smallest absolute Gasteiger partial charge is 0.258 e. The minimum Gasteiger partial charge on any atom is -0.258 e. The van der Waals surface area contributed by atoms with Gasteiger partial charge in [-0.2, -0.15) is 0 Å². The number of tetrazole rings is 1. The average molecular weight is 293 g/mol. The minimum absolute atomic E-state index is 0.145. The van der Waals surface area contributed by atoms with Crippen molar-refractivity contribution < 1.29 is 4.92 Å². The first-order valence-corrected chi connectivity index (χ1v) is 7.12. The predicted molar refractivity (Wildman–Crippen MR) is 75.6 cm³/mol. The Bertz CT molecular complexity index is 626. The third kappa shape index (κ3) is 2.96. The number of aromatic nitrogens is 4. The third-order valence-corrected chi connectivity index (χ3v) is 3.90. The molecule has 1 aromatic heterocycles. The van der Waals surface area contributed by atoms with Crippen LogP contribution < -0.4 is 0 Å². The molecule has 0 spiro atoms. The van der Waals surface area contributed by atoms with Gasteiger partial charge in [-0.1, -0.05) is 23.9 Å². The third-order valence-electron chi connectivity index (χ3n) is 2.92. The summed E-state index contributed by atoms with van der Waals surface area (Å²) in [5.41, 5.74) is 1.75. The highest BCUT2D eigenvalue weighted by atomic mass is 32.2. The zero-order valence-electron chi connectivity index (χ0n) is 11.5. The fourth-order valence-corrected chi connectivity index (χ4v) is 2.84. The van der Waals surface area contributed by atoms with Gasteiger partial charge in [0.2, 0.25) is 5.16 Å². The molecular formula is C12H15N5O2S. The Morgan fingerprint density at radius 2 is 2.20 bits per heavy atom. The van der Waals surface area contributed by atoms with Crippen LogP contribution in [0, 0.1) is 17.0 Å². The Kier molecular flexibility index (Phi) is 4.33. The molecule has 0 aliphatic heterocycles. The highest BCUT2D eigenvalue weighted by Gasteiger charge is 2.15. The van der Waals surface area contributed by atoms with E-state index >= 15 is 0 Å². The molecule has 0 bridgehead atoms. The molecule has 106 valence electrons. The molecule has 2 aromatic rings. The molecule has 2 rings (SSSR count). The standard InChI is InChI=1S/C12H15N5O2S/c1-8(2)16-12(13-14-15-16)20-7-10-5-4-6-11(9(10)3)17(18)19/h4-6,8H,7H2,1-3H3. The van der Waals surface area contributed by atoms with E-state index in [4.69, 9.17) is 0 Å². The topological polar surface area (TPSA) is 86.7 Å². The summed E-state index contributed by atoms with van der Waals surface area (Å²) in [4.78, 5) is 10.6. The maximum absolute atomic E-state index is 10.9. The molecule has 0 radical (unpaired) electrons. The number of benzene rings is 1. The highest BCUT2D eigenvalue weighted by Crippen LogP contribution is 2.27. The second-order valence-electron chi connectivity index (χ2n) is 4.61. The van der Waals surface area contributed by atoms with Crippen molar-refractivity contribution in [1.29, 1.82) is 0 Å². The summed E-state index contributed by atoms with van der Waals surface area (Å²) in [6.45, 7) is 5.76. The molecule has 20 heavy (non-hydrogen) atoms. The second kappa shape index (κ2) is 6.00. The Balaban J connectivity index is 2.17. The van der Waals surface area contributed by atoms with E-state index < -0.39 is 0 Å². The van der Waals surface area contributed by atoms with Crippen molar-refractivity contribution in [3.63, 3.8) is 0 Å². The van der Waals surface area contributed by atoms with Gasteiger partial charge in [-0.05, 0) is 36.8 Å². The Morgan fingerprint density at radius 1 is 1.45 bits per heavy atom. The summed E-state index contributed by atoms with van der Waals surface area (Å²) in [7, 11) is 0. The van der Waals surface area contributed by atoms with Gasteiger partial charge in [-0.25, -0.2) is 4.68 Å². The molecule has 1 heterocycles. The second-order valence-corrected chi connectivity index (χ2v) is 5.55. The summed E-state index contributed by atoms with van der Waals surface area (Å²) < 4.78 is 1.73. The quantitative estimate of drug-likeness (QED) is 0.478. The molecule has 0 N–H and O–H groups in total. The fraction of sp³-hybridized carbons (Fsp3) is 0.417. The maximum atomic E-state index is 10.9. The number of thioether (sulfide) groups is 1. The van der Waals surface area contributed by atoms with E-state index in [2.05, 4.69) is 15.5 Å². The van der Waals surface area contributed by atoms with Gasteiger partial charge in [0.1, 0.15) is 0 Å². The Hall–Kier alpha value is -1.96. The summed E-state index contributed by atoms with van der Waals surface area (Å²) in [6.07, 6.45) is 0. The van der Waals surface area contributed by atoms with Gasteiger partial charge >= 0.3 is 0 Å². The summed E-state index contributed by atoms with van der Waals surface area (Å²) in [5.74, 6) is 0.598. The average Bonchev–Trinajstić information content (AvgIpc) is 2.85. The van der Waals surface area contributed by atoms with Crippen molar-refractivity contribution in [2.45, 2.75) is 37.7 Å². The van der Waals surface area contributed by atoms with Gasteiger partial charge in [0.25, 0.3) is 5.69 Å². The summed E-state index contributed by atoms with van der Waals surface area (Å²) in [5, 5.41) is 23.2. The van der Waals surface area contributed by atoms with Crippen LogP contribution in [0.5, 0.6) is 0 Å². The number of hydrogen-bond donors (Lipinski definition) is 0. The normalized spacial score (nSPS) is 11.0. The lowest BCUT2D eigenvalue weighted by molar-refractivity contribution is -0.385. The van der Waals surface area contributed by atoms with E-state index in [1.807, 2.05) is 19.9 Å². The Labute approximate surface area is 120 Å². The van der Waals surface area contributed by atoms with Crippen LogP contribution in [0.1, 0.15) is 31.0 Å². The van der Waals surface area contributed by atoms with E-state index in [1.165, 1.54) is 17.8 Å². The van der Waals surface area contributed by atoms with Gasteiger partial charge in [-0.3, -0.25) is 10.1 Å². The molecule has 1 aromatic carbocycles. The first kappa shape index (κ1) is 14.4. The van der Waals surface area contributed by atoms with E-state index in [9.17, 15) is 10.1 Å². The van der Waals surface area contributed by atoms with Crippen LogP contribution >= 0.6 is 11.8 Å². The van der Waals surface area contributed by atoms with E-state index in [0.717, 1.165) is 5.56 Å². The van der Waals surface area contributed by atoms with E-state index in [0.29, 0.717) is 16.5 Å². The van der Waals surface area contributed by atoms with Crippen LogP contribution in [-0.2, 0) is 5.75 Å². The molecular weight excluding hydrogens is 278 g/mol. The lowest BCUT2D eigenvalue weighted by Gasteiger charge is -2.08. The molecule has 0 atom stereocenters. The van der Waals surface area contributed by atoms with Gasteiger partial charge in [0.05, 0.1) is 11.0 Å². The van der Waals surface area contributed by atoms with E-state index in [1.54, 1.807) is 17.7 Å². The minimum atomic E-state index is -0.359. The number of nitro benzene ring substituents is 1. The number of nitrogens with zero attached hydrogens (tertiary/aromatic N) is 5. The van der Waals surface area contributed by atoms with Crippen molar-refractivity contribution in [3.8, 4) is 0 Å². The maximum Gasteiger partial charge on any atom is 0.272 e. The lowest BCUT2D eigenvalue weighted by atomic mass is 10.1. The first-order valence-electron chi connectivity index (χ1n) is 6.14. The van der Waals surface area contributed by atoms with Gasteiger partial charge in [0, 0.05) is 17.4 Å². The van der Waals surface area contributed by atoms with Crippen LogP contribution in [0.25, 0.3) is 0 Å². The molecule has 0 aliphatic carbocycles. The number of rotatable bonds is 5. The monoisotopic (exact) mass is 293 g/mol. The van der Waals surface area contributed by atoms with Crippen LogP contribution in [0.15, 0.2) is 23.4 Å². The highest BCUT2D eigenvalue weighted by molar-refractivity contribution is 7.98. The number of hydrogen-bond acceptors (Lipinski definition) is 6. The van der Waals surface area contributed by atoms with Crippen LogP contribution in [0.3, 0.4) is 0 Å². The molecule has 0 amide bonds. The lowest BCUT2D eigenvalue weighted by Crippen LogP contribution is -2.05. The molecule has 0 saturated carbocycles. The molecule has 0 unspecified atom stereocenters. The number of nitro groups is 1. The zero-order chi connectivity index (χ0) is 14.7. The largest absolute Gasteiger partial charge is 0.272 e. The predicted octanol–water partition coefficient (Wildman–Crippen LogP) is 2.76. The van der Waals surface area contributed by atoms with Crippen LogP contribution in [-0.4, -0.2) is 25.1 Å². The molecule has 8 heteroatoms. The van der Waals surface area contributed by atoms with Gasteiger partial charge < -0.3 is 0 Å². The van der Waals surface area contributed by atoms with Gasteiger partial charge in [0.15, 0.2) is 0 Å². The van der Waals surface area contributed by atoms with Crippen molar-refractivity contribution in [2.75, 3.05) is 0 Å². The Morgan fingerprint density at radius 3 is 2.85 bits per heavy atom. The van der Waals surface area contributed by atoms with Crippen molar-refractivity contribution >= 4 is 17.4 Å². The van der Waals surface area contributed by atoms with Crippen LogP contribution in [0.2, 0.25) is 0 Å². The molecule has 7 nitrogen and oxygen atoms in total. The van der Waals surface area contributed by atoms with Crippen LogP contribution in [0.4, 0.5) is 5.69 Å². The first-order chi connectivity index (χ1) is 9.50. The van der Waals surface area contributed by atoms with Crippen molar-refractivity contribution in [2.24, 2.45) is 0 Å². The van der Waals surface area contributed by atoms with Crippen molar-refractivity contribution in [1.82, 2.24) is 20.2 Å². The molecule has 0 saturated heterocycles. The SMILES string of the molecule is Cc1c(CSc2nnnn2C(C)C)cccc1[N+](=O)[O-]. The molecule has 0 aliphatic rings. The summed E-state index contributed by atoms with van der Waals surface area (Å²) in [6, 6.07) is 5.28. The van der Waals surface area contributed by atoms with E-state index in [-0.39, 0.29) is 16.7 Å². The van der Waals surface area contributed by atoms with Gasteiger partial charge in [-0.15, -0.1) is 5.10 Å². The fourth-order valence-electron chi connectivity index (χ4n) is 1.77. The molecule has 0 fully saturated rings. The van der Waals surface area contributed by atoms with Crippen molar-refractivity contribution in [3.05, 3.63) is 39.4 Å². The summed E-state index contributed by atoms with van der Waals surface area (Å²) >= 11 is 1.47. The zero-order valence-corrected chi connectivity index (χ0v) is 12.3.